The van der Waals surface area contributed by atoms with Gasteiger partial charge in [0, 0.05) is 23.6 Å². The maximum absolute atomic E-state index is 13.5. The Morgan fingerprint density at radius 1 is 1.09 bits per heavy atom. The number of hydrogen-bond acceptors (Lipinski definition) is 5. The van der Waals surface area contributed by atoms with Gasteiger partial charge < -0.3 is 15.0 Å². The average molecular weight is 555 g/mol. The molecule has 0 saturated heterocycles. The van der Waals surface area contributed by atoms with Gasteiger partial charge in [-0.25, -0.2) is 8.42 Å². The number of rotatable bonds is 11. The first kappa shape index (κ1) is 27.7. The van der Waals surface area contributed by atoms with Crippen LogP contribution in [0, 0.1) is 5.92 Å². The molecule has 34 heavy (non-hydrogen) atoms. The molecule has 0 saturated carbocycles. The zero-order valence-electron chi connectivity index (χ0n) is 20.1. The number of anilines is 1. The number of hydrogen-bond donors (Lipinski definition) is 1. The lowest BCUT2D eigenvalue weighted by Gasteiger charge is -2.31. The highest BCUT2D eigenvalue weighted by Crippen LogP contribution is 2.24. The zero-order valence-corrected chi connectivity index (χ0v) is 22.5. The summed E-state index contributed by atoms with van der Waals surface area (Å²) in [5.74, 6) is -0.0814. The Morgan fingerprint density at radius 2 is 1.74 bits per heavy atom. The van der Waals surface area contributed by atoms with Gasteiger partial charge in [0.1, 0.15) is 18.3 Å². The van der Waals surface area contributed by atoms with Gasteiger partial charge in [-0.3, -0.25) is 13.9 Å². The van der Waals surface area contributed by atoms with Gasteiger partial charge in [-0.1, -0.05) is 48.0 Å². The molecule has 0 spiro atoms. The van der Waals surface area contributed by atoms with Gasteiger partial charge in [0.25, 0.3) is 0 Å². The molecule has 8 nitrogen and oxygen atoms in total. The summed E-state index contributed by atoms with van der Waals surface area (Å²) in [6.45, 7) is 5.77. The lowest BCUT2D eigenvalue weighted by Crippen LogP contribution is -2.51. The van der Waals surface area contributed by atoms with Crippen LogP contribution < -0.4 is 14.4 Å². The second kappa shape index (κ2) is 12.2. The number of halogens is 1. The second-order valence-corrected chi connectivity index (χ2v) is 11.3. The summed E-state index contributed by atoms with van der Waals surface area (Å²) in [7, 11) is -2.32. The van der Waals surface area contributed by atoms with E-state index in [0.717, 1.165) is 20.6 Å². The number of benzene rings is 2. The van der Waals surface area contributed by atoms with Crippen LogP contribution in [-0.4, -0.2) is 57.6 Å². The van der Waals surface area contributed by atoms with Gasteiger partial charge in [-0.05, 0) is 42.7 Å². The van der Waals surface area contributed by atoms with Crippen LogP contribution in [0.3, 0.4) is 0 Å². The Bertz CT molecular complexity index is 1090. The molecule has 1 unspecified atom stereocenters. The Hall–Kier alpha value is -2.59. The molecule has 2 amide bonds. The third-order valence-corrected chi connectivity index (χ3v) is 6.81. The van der Waals surface area contributed by atoms with E-state index in [2.05, 4.69) is 21.2 Å². The Balaban J connectivity index is 2.37. The molecule has 1 N–H and O–H groups in total. The molecular weight excluding hydrogens is 522 g/mol. The van der Waals surface area contributed by atoms with E-state index in [9.17, 15) is 18.0 Å². The number of methoxy groups -OCH3 is 1. The number of carbonyl (C=O) groups excluding carboxylic acids is 2. The molecule has 10 heteroatoms. The van der Waals surface area contributed by atoms with Gasteiger partial charge in [-0.2, -0.15) is 0 Å². The van der Waals surface area contributed by atoms with Crippen molar-refractivity contribution < 1.29 is 22.7 Å². The lowest BCUT2D eigenvalue weighted by molar-refractivity contribution is -0.139. The average Bonchev–Trinajstić information content (AvgIpc) is 2.79. The summed E-state index contributed by atoms with van der Waals surface area (Å²) < 4.78 is 32.3. The van der Waals surface area contributed by atoms with Gasteiger partial charge in [0.15, 0.2) is 0 Å². The van der Waals surface area contributed by atoms with Crippen LogP contribution in [0.15, 0.2) is 53.0 Å². The van der Waals surface area contributed by atoms with Crippen molar-refractivity contribution >= 4 is 43.5 Å². The molecule has 2 aromatic rings. The highest BCUT2D eigenvalue weighted by atomic mass is 79.9. The standard InChI is InChI=1S/C24H32BrN3O5S/c1-17(2)14-26-24(30)18(3)27(15-19-9-11-20(25)12-10-19)23(29)16-28(34(5,31)32)21-7-6-8-22(13-21)33-4/h6-13,17-18H,14-16H2,1-5H3,(H,26,30). The fourth-order valence-corrected chi connectivity index (χ4v) is 4.31. The number of nitrogens with one attached hydrogen (secondary N) is 1. The fourth-order valence-electron chi connectivity index (χ4n) is 3.20. The van der Waals surface area contributed by atoms with Crippen molar-refractivity contribution in [3.05, 3.63) is 58.6 Å². The van der Waals surface area contributed by atoms with Crippen molar-refractivity contribution in [3.8, 4) is 5.75 Å². The summed E-state index contributed by atoms with van der Waals surface area (Å²) in [5, 5.41) is 2.85. The normalized spacial score (nSPS) is 12.2. The largest absolute Gasteiger partial charge is 0.497 e. The van der Waals surface area contributed by atoms with Crippen molar-refractivity contribution in [2.45, 2.75) is 33.4 Å². The van der Waals surface area contributed by atoms with E-state index < -0.39 is 28.5 Å². The van der Waals surface area contributed by atoms with E-state index in [0.29, 0.717) is 18.0 Å². The second-order valence-electron chi connectivity index (χ2n) is 8.43. The van der Waals surface area contributed by atoms with E-state index in [-0.39, 0.29) is 18.4 Å². The predicted molar refractivity (Wildman–Crippen MR) is 137 cm³/mol. The number of nitrogens with zero attached hydrogens (tertiary/aromatic N) is 2. The van der Waals surface area contributed by atoms with Crippen molar-refractivity contribution in [3.63, 3.8) is 0 Å². The van der Waals surface area contributed by atoms with Crippen LogP contribution in [-0.2, 0) is 26.2 Å². The number of carbonyl (C=O) groups is 2. The smallest absolute Gasteiger partial charge is 0.244 e. The Kier molecular flexibility index (Phi) is 9.93. The fraction of sp³-hybridized carbons (Fsp3) is 0.417. The van der Waals surface area contributed by atoms with E-state index in [1.807, 2.05) is 38.1 Å². The first-order chi connectivity index (χ1) is 15.9. The first-order valence-electron chi connectivity index (χ1n) is 10.9. The Labute approximate surface area is 210 Å². The van der Waals surface area contributed by atoms with Crippen LogP contribution in [0.4, 0.5) is 5.69 Å². The monoisotopic (exact) mass is 553 g/mol. The molecule has 0 aliphatic carbocycles. The number of amides is 2. The number of ether oxygens (including phenoxy) is 1. The molecule has 2 rings (SSSR count). The topological polar surface area (TPSA) is 96.0 Å². The van der Waals surface area contributed by atoms with Crippen LogP contribution in [0.25, 0.3) is 0 Å². The molecule has 0 bridgehead atoms. The van der Waals surface area contributed by atoms with Crippen molar-refractivity contribution in [1.29, 1.82) is 0 Å². The zero-order chi connectivity index (χ0) is 25.5. The lowest BCUT2D eigenvalue weighted by atomic mass is 10.1. The summed E-state index contributed by atoms with van der Waals surface area (Å²) in [6.07, 6.45) is 1.04. The predicted octanol–water partition coefficient (Wildman–Crippen LogP) is 3.41. The van der Waals surface area contributed by atoms with E-state index in [4.69, 9.17) is 4.74 Å². The van der Waals surface area contributed by atoms with Crippen molar-refractivity contribution in [2.75, 3.05) is 30.8 Å². The molecule has 186 valence electrons. The molecule has 1 atom stereocenters. The molecular formula is C24H32BrN3O5S. The maximum Gasteiger partial charge on any atom is 0.244 e. The molecule has 0 radical (unpaired) electrons. The van der Waals surface area contributed by atoms with Gasteiger partial charge in [0.05, 0.1) is 19.1 Å². The van der Waals surface area contributed by atoms with Gasteiger partial charge in [-0.15, -0.1) is 0 Å². The highest BCUT2D eigenvalue weighted by Gasteiger charge is 2.30. The molecule has 2 aromatic carbocycles. The number of sulfonamides is 1. The van der Waals surface area contributed by atoms with Gasteiger partial charge in [0.2, 0.25) is 21.8 Å². The molecule has 0 heterocycles. The summed E-state index contributed by atoms with van der Waals surface area (Å²) in [6, 6.07) is 13.1. The molecule has 0 aromatic heterocycles. The minimum absolute atomic E-state index is 0.151. The SMILES string of the molecule is COc1cccc(N(CC(=O)N(Cc2ccc(Br)cc2)C(C)C(=O)NCC(C)C)S(C)(=O)=O)c1. The molecule has 0 aliphatic rings. The van der Waals surface area contributed by atoms with Crippen LogP contribution in [0.2, 0.25) is 0 Å². The highest BCUT2D eigenvalue weighted by molar-refractivity contribution is 9.10. The van der Waals surface area contributed by atoms with Crippen molar-refractivity contribution in [1.82, 2.24) is 10.2 Å². The van der Waals surface area contributed by atoms with Gasteiger partial charge >= 0.3 is 0 Å². The van der Waals surface area contributed by atoms with Crippen LogP contribution in [0.1, 0.15) is 26.3 Å². The minimum Gasteiger partial charge on any atom is -0.497 e. The van der Waals surface area contributed by atoms with Crippen molar-refractivity contribution in [2.24, 2.45) is 5.92 Å². The summed E-state index contributed by atoms with van der Waals surface area (Å²) in [5.41, 5.74) is 1.11. The third-order valence-electron chi connectivity index (χ3n) is 5.14. The summed E-state index contributed by atoms with van der Waals surface area (Å²) in [4.78, 5) is 27.7. The quantitative estimate of drug-likeness (QED) is 0.460. The van der Waals surface area contributed by atoms with E-state index in [1.54, 1.807) is 31.2 Å². The minimum atomic E-state index is -3.79. The van der Waals surface area contributed by atoms with Crippen LogP contribution in [0.5, 0.6) is 5.75 Å². The molecule has 0 aliphatic heterocycles. The van der Waals surface area contributed by atoms with E-state index >= 15 is 0 Å². The summed E-state index contributed by atoms with van der Waals surface area (Å²) >= 11 is 3.39. The maximum atomic E-state index is 13.5. The van der Waals surface area contributed by atoms with E-state index in [1.165, 1.54) is 12.0 Å². The molecule has 0 fully saturated rings. The third kappa shape index (κ3) is 8.02. The Morgan fingerprint density at radius 3 is 2.29 bits per heavy atom. The van der Waals surface area contributed by atoms with Crippen LogP contribution >= 0.6 is 15.9 Å². The first-order valence-corrected chi connectivity index (χ1v) is 13.5.